The molecule has 6 nitrogen and oxygen atoms in total. The number of nitrogens with zero attached hydrogens (tertiary/aromatic N) is 1. The van der Waals surface area contributed by atoms with Gasteiger partial charge in [0.25, 0.3) is 5.69 Å². The van der Waals surface area contributed by atoms with Crippen LogP contribution in [0, 0.1) is 10.1 Å². The molecule has 1 aromatic rings. The maximum Gasteiger partial charge on any atom is 0.270 e. The molecule has 2 rings (SSSR count). The second-order valence-electron chi connectivity index (χ2n) is 5.11. The highest BCUT2D eigenvalue weighted by Crippen LogP contribution is 2.29. The third-order valence-corrected chi connectivity index (χ3v) is 3.58. The average Bonchev–Trinajstić information content (AvgIpc) is 2.78. The number of rotatable bonds is 5. The monoisotopic (exact) mass is 266 g/mol. The summed E-state index contributed by atoms with van der Waals surface area (Å²) in [5, 5.41) is 33.5. The van der Waals surface area contributed by atoms with E-state index in [-0.39, 0.29) is 11.4 Å². The zero-order valence-electron chi connectivity index (χ0n) is 10.6. The summed E-state index contributed by atoms with van der Waals surface area (Å²) in [5.41, 5.74) is -0.249. The highest BCUT2D eigenvalue weighted by atomic mass is 16.6. The van der Waals surface area contributed by atoms with Gasteiger partial charge in [0.15, 0.2) is 0 Å². The minimum atomic E-state index is -0.670. The molecule has 1 aromatic carbocycles. The molecule has 1 saturated carbocycles. The summed E-state index contributed by atoms with van der Waals surface area (Å²) in [6.07, 6.45) is 3.61. The molecule has 0 radical (unpaired) electrons. The van der Waals surface area contributed by atoms with Crippen molar-refractivity contribution in [1.82, 2.24) is 5.32 Å². The largest absolute Gasteiger partial charge is 0.508 e. The summed E-state index contributed by atoms with van der Waals surface area (Å²) in [6, 6.07) is 3.93. The highest BCUT2D eigenvalue weighted by molar-refractivity contribution is 5.42. The number of nitro groups is 1. The Kier molecular flexibility index (Phi) is 4.01. The first kappa shape index (κ1) is 13.8. The topological polar surface area (TPSA) is 95.6 Å². The van der Waals surface area contributed by atoms with Gasteiger partial charge in [0, 0.05) is 30.8 Å². The lowest BCUT2D eigenvalue weighted by Gasteiger charge is -2.22. The van der Waals surface area contributed by atoms with Crippen LogP contribution in [0.15, 0.2) is 18.2 Å². The van der Waals surface area contributed by atoms with Crippen LogP contribution >= 0.6 is 0 Å². The lowest BCUT2D eigenvalue weighted by atomic mass is 10.0. The van der Waals surface area contributed by atoms with Gasteiger partial charge in [0.1, 0.15) is 5.75 Å². The van der Waals surface area contributed by atoms with Crippen LogP contribution in [0.3, 0.4) is 0 Å². The fourth-order valence-electron chi connectivity index (χ4n) is 2.47. The third kappa shape index (κ3) is 3.42. The Morgan fingerprint density at radius 1 is 1.37 bits per heavy atom. The fourth-order valence-corrected chi connectivity index (χ4v) is 2.47. The van der Waals surface area contributed by atoms with Crippen LogP contribution in [-0.2, 0) is 6.54 Å². The van der Waals surface area contributed by atoms with Crippen LogP contribution in [0.25, 0.3) is 0 Å². The smallest absolute Gasteiger partial charge is 0.270 e. The number of nitro benzene ring substituents is 1. The summed E-state index contributed by atoms with van der Waals surface area (Å²) in [5.74, 6) is 0.0245. The molecule has 0 unspecified atom stereocenters. The van der Waals surface area contributed by atoms with Crippen molar-refractivity contribution < 1.29 is 15.1 Å². The van der Waals surface area contributed by atoms with E-state index in [9.17, 15) is 20.3 Å². The van der Waals surface area contributed by atoms with Gasteiger partial charge in [0.2, 0.25) is 0 Å². The van der Waals surface area contributed by atoms with Crippen LogP contribution in [0.1, 0.15) is 31.2 Å². The molecule has 104 valence electrons. The first-order chi connectivity index (χ1) is 9.00. The number of aliphatic hydroxyl groups is 1. The Morgan fingerprint density at radius 3 is 2.68 bits per heavy atom. The number of hydrogen-bond donors (Lipinski definition) is 3. The molecule has 0 bridgehead atoms. The molecule has 3 N–H and O–H groups in total. The van der Waals surface area contributed by atoms with Crippen molar-refractivity contribution in [1.29, 1.82) is 0 Å². The second kappa shape index (κ2) is 5.54. The predicted molar refractivity (Wildman–Crippen MR) is 69.9 cm³/mol. The molecule has 1 fully saturated rings. The van der Waals surface area contributed by atoms with E-state index in [2.05, 4.69) is 5.32 Å². The van der Waals surface area contributed by atoms with E-state index in [0.717, 1.165) is 25.7 Å². The van der Waals surface area contributed by atoms with Gasteiger partial charge >= 0.3 is 0 Å². The van der Waals surface area contributed by atoms with Crippen molar-refractivity contribution in [3.63, 3.8) is 0 Å². The van der Waals surface area contributed by atoms with E-state index < -0.39 is 10.5 Å². The van der Waals surface area contributed by atoms with Crippen LogP contribution in [0.5, 0.6) is 5.75 Å². The van der Waals surface area contributed by atoms with E-state index in [1.807, 2.05) is 0 Å². The molecule has 0 aliphatic heterocycles. The first-order valence-corrected chi connectivity index (χ1v) is 6.40. The van der Waals surface area contributed by atoms with Crippen molar-refractivity contribution in [2.45, 2.75) is 37.8 Å². The van der Waals surface area contributed by atoms with E-state index in [1.165, 1.54) is 18.2 Å². The van der Waals surface area contributed by atoms with Gasteiger partial charge in [-0.1, -0.05) is 12.8 Å². The van der Waals surface area contributed by atoms with E-state index in [4.69, 9.17) is 0 Å². The molecule has 1 aliphatic rings. The number of benzene rings is 1. The first-order valence-electron chi connectivity index (χ1n) is 6.40. The van der Waals surface area contributed by atoms with Crippen molar-refractivity contribution in [3.05, 3.63) is 33.9 Å². The molecule has 0 aromatic heterocycles. The highest BCUT2D eigenvalue weighted by Gasteiger charge is 2.30. The zero-order chi connectivity index (χ0) is 13.9. The van der Waals surface area contributed by atoms with E-state index in [1.54, 1.807) is 0 Å². The number of nitrogens with one attached hydrogen (secondary N) is 1. The molecule has 0 atom stereocenters. The summed E-state index contributed by atoms with van der Waals surface area (Å²) < 4.78 is 0. The van der Waals surface area contributed by atoms with Crippen molar-refractivity contribution in [2.24, 2.45) is 0 Å². The summed E-state index contributed by atoms with van der Waals surface area (Å²) >= 11 is 0. The lowest BCUT2D eigenvalue weighted by molar-refractivity contribution is -0.384. The van der Waals surface area contributed by atoms with Gasteiger partial charge in [-0.05, 0) is 18.9 Å². The molecule has 0 amide bonds. The third-order valence-electron chi connectivity index (χ3n) is 3.58. The van der Waals surface area contributed by atoms with Gasteiger partial charge in [-0.2, -0.15) is 0 Å². The maximum absolute atomic E-state index is 10.7. The normalized spacial score (nSPS) is 17.5. The maximum atomic E-state index is 10.7. The molecule has 19 heavy (non-hydrogen) atoms. The van der Waals surface area contributed by atoms with Crippen LogP contribution in [0.4, 0.5) is 5.69 Å². The van der Waals surface area contributed by atoms with Gasteiger partial charge < -0.3 is 15.5 Å². The Labute approximate surface area is 111 Å². The lowest BCUT2D eigenvalue weighted by Crippen LogP contribution is -2.37. The second-order valence-corrected chi connectivity index (χ2v) is 5.11. The van der Waals surface area contributed by atoms with Crippen molar-refractivity contribution in [3.8, 4) is 5.75 Å². The zero-order valence-corrected chi connectivity index (χ0v) is 10.6. The van der Waals surface area contributed by atoms with Gasteiger partial charge in [0.05, 0.1) is 10.5 Å². The van der Waals surface area contributed by atoms with Crippen LogP contribution < -0.4 is 5.32 Å². The minimum absolute atomic E-state index is 0.0245. The van der Waals surface area contributed by atoms with Crippen molar-refractivity contribution >= 4 is 5.69 Å². The van der Waals surface area contributed by atoms with E-state index >= 15 is 0 Å². The molecule has 0 saturated heterocycles. The molecular weight excluding hydrogens is 248 g/mol. The SMILES string of the molecule is O=[N+]([O-])c1ccc(O)c(CNCC2(O)CCCC2)c1. The Morgan fingerprint density at radius 2 is 2.05 bits per heavy atom. The minimum Gasteiger partial charge on any atom is -0.508 e. The quantitative estimate of drug-likeness (QED) is 0.557. The summed E-state index contributed by atoms with van der Waals surface area (Å²) in [7, 11) is 0. The van der Waals surface area contributed by atoms with E-state index in [0.29, 0.717) is 18.7 Å². The Bertz CT molecular complexity index is 470. The van der Waals surface area contributed by atoms with Gasteiger partial charge in [-0.25, -0.2) is 0 Å². The number of non-ortho nitro benzene ring substituents is 1. The number of aromatic hydroxyl groups is 1. The summed E-state index contributed by atoms with van der Waals surface area (Å²) in [6.45, 7) is 0.741. The molecule has 0 heterocycles. The van der Waals surface area contributed by atoms with Crippen LogP contribution in [0.2, 0.25) is 0 Å². The number of hydrogen-bond acceptors (Lipinski definition) is 5. The van der Waals surface area contributed by atoms with Gasteiger partial charge in [-0.15, -0.1) is 0 Å². The fraction of sp³-hybridized carbons (Fsp3) is 0.538. The predicted octanol–water partition coefficient (Wildman–Crippen LogP) is 1.70. The molecule has 1 aliphatic carbocycles. The molecule has 6 heteroatoms. The molecular formula is C13H18N2O4. The summed E-state index contributed by atoms with van der Waals surface area (Å²) in [4.78, 5) is 10.2. The van der Waals surface area contributed by atoms with Gasteiger partial charge in [-0.3, -0.25) is 10.1 Å². The average molecular weight is 266 g/mol. The Hall–Kier alpha value is -1.66. The number of phenols is 1. The van der Waals surface area contributed by atoms with Crippen LogP contribution in [-0.4, -0.2) is 27.3 Å². The standard InChI is InChI=1S/C13H18N2O4/c16-12-4-3-11(15(18)19)7-10(12)8-14-9-13(17)5-1-2-6-13/h3-4,7,14,16-17H,1-2,5-6,8-9H2. The number of phenolic OH excluding ortho intramolecular Hbond substituents is 1. The molecule has 0 spiro atoms. The van der Waals surface area contributed by atoms with Crippen molar-refractivity contribution in [2.75, 3.05) is 6.54 Å². The Balaban J connectivity index is 1.95.